The molecule has 3 rings (SSSR count). The molecule has 0 bridgehead atoms. The monoisotopic (exact) mass is 431 g/mol. The van der Waals surface area contributed by atoms with Crippen LogP contribution in [-0.4, -0.2) is 68.0 Å². The van der Waals surface area contributed by atoms with E-state index in [2.05, 4.69) is 22.5 Å². The number of piperidine rings is 1. The molecule has 2 N–H and O–H groups in total. The number of rotatable bonds is 7. The van der Waals surface area contributed by atoms with Gasteiger partial charge in [-0.15, -0.1) is 0 Å². The molecule has 1 heterocycles. The van der Waals surface area contributed by atoms with Gasteiger partial charge in [-0.2, -0.15) is 0 Å². The van der Waals surface area contributed by atoms with Gasteiger partial charge in [0.2, 0.25) is 5.91 Å². The van der Waals surface area contributed by atoms with Crippen molar-refractivity contribution in [2.24, 2.45) is 10.4 Å². The fraction of sp³-hybridized carbons (Fsp3) is 0.667. The molecule has 2 aliphatic rings. The number of halogens is 1. The van der Waals surface area contributed by atoms with Gasteiger partial charge >= 0.3 is 0 Å². The minimum Gasteiger partial charge on any atom is -0.357 e. The molecule has 1 saturated heterocycles. The van der Waals surface area contributed by atoms with Crippen LogP contribution in [0.4, 0.5) is 4.39 Å². The lowest BCUT2D eigenvalue weighted by Gasteiger charge is -2.33. The van der Waals surface area contributed by atoms with Crippen molar-refractivity contribution in [3.8, 4) is 0 Å². The van der Waals surface area contributed by atoms with Gasteiger partial charge in [-0.05, 0) is 50.3 Å². The minimum absolute atomic E-state index is 0.187. The maximum Gasteiger partial charge on any atom is 0.230 e. The number of carbonyl (C=O) groups is 1. The Morgan fingerprint density at radius 1 is 1.19 bits per heavy atom. The first kappa shape index (κ1) is 23.5. The molecule has 1 saturated carbocycles. The van der Waals surface area contributed by atoms with Crippen molar-refractivity contribution in [2.75, 3.05) is 40.3 Å². The molecule has 1 aromatic carbocycles. The quantitative estimate of drug-likeness (QED) is 0.515. The number of likely N-dealkylation sites (tertiary alicyclic amines) is 1. The van der Waals surface area contributed by atoms with E-state index in [0.717, 1.165) is 76.2 Å². The summed E-state index contributed by atoms with van der Waals surface area (Å²) in [5.74, 6) is 0.838. The highest BCUT2D eigenvalue weighted by atomic mass is 19.1. The summed E-state index contributed by atoms with van der Waals surface area (Å²) in [6.45, 7) is 6.26. The van der Waals surface area contributed by atoms with Gasteiger partial charge in [0.25, 0.3) is 0 Å². The van der Waals surface area contributed by atoms with E-state index in [1.807, 2.05) is 26.2 Å². The molecule has 6 nitrogen and oxygen atoms in total. The predicted molar refractivity (Wildman–Crippen MR) is 123 cm³/mol. The van der Waals surface area contributed by atoms with E-state index in [1.54, 1.807) is 4.90 Å². The number of nitrogens with one attached hydrogen (secondary N) is 2. The van der Waals surface area contributed by atoms with Crippen LogP contribution in [0.5, 0.6) is 0 Å². The second-order valence-corrected chi connectivity index (χ2v) is 9.20. The molecule has 0 atom stereocenters. The summed E-state index contributed by atoms with van der Waals surface area (Å²) in [6.07, 6.45) is 6.13. The van der Waals surface area contributed by atoms with Gasteiger partial charge in [0.15, 0.2) is 5.96 Å². The maximum atomic E-state index is 13.1. The molecule has 0 radical (unpaired) electrons. The largest absolute Gasteiger partial charge is 0.357 e. The molecule has 1 aliphatic heterocycles. The zero-order chi connectivity index (χ0) is 22.3. The summed E-state index contributed by atoms with van der Waals surface area (Å²) in [5, 5.41) is 6.96. The Morgan fingerprint density at radius 3 is 2.42 bits per heavy atom. The van der Waals surface area contributed by atoms with Crippen LogP contribution in [0.2, 0.25) is 0 Å². The van der Waals surface area contributed by atoms with Gasteiger partial charge < -0.3 is 15.5 Å². The first-order chi connectivity index (χ1) is 14.9. The third kappa shape index (κ3) is 6.42. The molecule has 0 aromatic heterocycles. The lowest BCUT2D eigenvalue weighted by molar-refractivity contribution is -0.138. The number of aliphatic imine (C=N–C) groups is 1. The standard InChI is InChI=1S/C24H38FN5O/c1-4-26-23(27-18-24(13-5-6-14-24)22(31)29(2)3)28-21-11-15-30(16-12-21)17-19-7-9-20(25)10-8-19/h7-10,21H,4-6,11-18H2,1-3H3,(H2,26,27,28). The fourth-order valence-corrected chi connectivity index (χ4v) is 4.79. The lowest BCUT2D eigenvalue weighted by atomic mass is 9.85. The zero-order valence-electron chi connectivity index (χ0n) is 19.3. The third-order valence-corrected chi connectivity index (χ3v) is 6.55. The Hall–Kier alpha value is -2.15. The number of amides is 1. The van der Waals surface area contributed by atoms with Crippen molar-refractivity contribution in [1.82, 2.24) is 20.4 Å². The summed E-state index contributed by atoms with van der Waals surface area (Å²) >= 11 is 0. The molecule has 2 fully saturated rings. The van der Waals surface area contributed by atoms with Crippen molar-refractivity contribution in [2.45, 2.75) is 58.0 Å². The summed E-state index contributed by atoms with van der Waals surface area (Å²) in [7, 11) is 3.69. The number of hydrogen-bond acceptors (Lipinski definition) is 3. The van der Waals surface area contributed by atoms with E-state index >= 15 is 0 Å². The first-order valence-electron chi connectivity index (χ1n) is 11.7. The predicted octanol–water partition coefficient (Wildman–Crippen LogP) is 2.99. The molecular weight excluding hydrogens is 393 g/mol. The molecule has 31 heavy (non-hydrogen) atoms. The van der Waals surface area contributed by atoms with Crippen LogP contribution < -0.4 is 10.6 Å². The van der Waals surface area contributed by atoms with Gasteiger partial charge in [0.1, 0.15) is 5.82 Å². The van der Waals surface area contributed by atoms with E-state index in [0.29, 0.717) is 12.6 Å². The summed E-state index contributed by atoms with van der Waals surface area (Å²) in [5.41, 5.74) is 0.805. The Bertz CT molecular complexity index is 735. The van der Waals surface area contributed by atoms with Crippen molar-refractivity contribution in [3.63, 3.8) is 0 Å². The van der Waals surface area contributed by atoms with Gasteiger partial charge in [0, 0.05) is 46.3 Å². The van der Waals surface area contributed by atoms with E-state index in [4.69, 9.17) is 4.99 Å². The van der Waals surface area contributed by atoms with Gasteiger partial charge in [-0.3, -0.25) is 14.7 Å². The SMILES string of the molecule is CCNC(=NCC1(C(=O)N(C)C)CCCC1)NC1CCN(Cc2ccc(F)cc2)CC1. The van der Waals surface area contributed by atoms with Crippen LogP contribution in [0.15, 0.2) is 29.3 Å². The summed E-state index contributed by atoms with van der Waals surface area (Å²) < 4.78 is 13.1. The van der Waals surface area contributed by atoms with Crippen molar-refractivity contribution >= 4 is 11.9 Å². The maximum absolute atomic E-state index is 13.1. The number of guanidine groups is 1. The van der Waals surface area contributed by atoms with Crippen molar-refractivity contribution in [1.29, 1.82) is 0 Å². The lowest BCUT2D eigenvalue weighted by Crippen LogP contribution is -2.49. The molecule has 1 aliphatic carbocycles. The van der Waals surface area contributed by atoms with E-state index in [-0.39, 0.29) is 17.1 Å². The average Bonchev–Trinajstić information content (AvgIpc) is 3.24. The molecule has 0 unspecified atom stereocenters. The molecule has 1 aromatic rings. The van der Waals surface area contributed by atoms with Crippen molar-refractivity contribution < 1.29 is 9.18 Å². The molecule has 0 spiro atoms. The highest BCUT2D eigenvalue weighted by Gasteiger charge is 2.42. The molecular formula is C24H38FN5O. The number of nitrogens with zero attached hydrogens (tertiary/aromatic N) is 3. The topological polar surface area (TPSA) is 60.0 Å². The number of hydrogen-bond donors (Lipinski definition) is 2. The summed E-state index contributed by atoms with van der Waals surface area (Å²) in [6, 6.07) is 7.15. The molecule has 172 valence electrons. The second-order valence-electron chi connectivity index (χ2n) is 9.20. The summed E-state index contributed by atoms with van der Waals surface area (Å²) in [4.78, 5) is 21.8. The van der Waals surface area contributed by atoms with Crippen LogP contribution in [0.1, 0.15) is 51.0 Å². The highest BCUT2D eigenvalue weighted by molar-refractivity contribution is 5.84. The Morgan fingerprint density at radius 2 is 1.84 bits per heavy atom. The number of carbonyl (C=O) groups excluding carboxylic acids is 1. The Labute approximate surface area is 186 Å². The van der Waals surface area contributed by atoms with Crippen LogP contribution in [-0.2, 0) is 11.3 Å². The van der Waals surface area contributed by atoms with Crippen LogP contribution in [0.3, 0.4) is 0 Å². The van der Waals surface area contributed by atoms with E-state index < -0.39 is 0 Å². The smallest absolute Gasteiger partial charge is 0.230 e. The minimum atomic E-state index is -0.343. The second kappa shape index (κ2) is 10.9. The number of benzene rings is 1. The highest BCUT2D eigenvalue weighted by Crippen LogP contribution is 2.39. The van der Waals surface area contributed by atoms with Crippen LogP contribution in [0, 0.1) is 11.2 Å². The molecule has 1 amide bonds. The normalized spacial score (nSPS) is 19.9. The first-order valence-corrected chi connectivity index (χ1v) is 11.7. The third-order valence-electron chi connectivity index (χ3n) is 6.55. The van der Waals surface area contributed by atoms with Gasteiger partial charge in [-0.1, -0.05) is 25.0 Å². The van der Waals surface area contributed by atoms with E-state index in [9.17, 15) is 9.18 Å². The van der Waals surface area contributed by atoms with Gasteiger partial charge in [0.05, 0.1) is 12.0 Å². The van der Waals surface area contributed by atoms with Crippen LogP contribution >= 0.6 is 0 Å². The zero-order valence-corrected chi connectivity index (χ0v) is 19.3. The van der Waals surface area contributed by atoms with Crippen LogP contribution in [0.25, 0.3) is 0 Å². The Kier molecular flexibility index (Phi) is 8.29. The average molecular weight is 432 g/mol. The molecule has 7 heteroatoms. The van der Waals surface area contributed by atoms with E-state index in [1.165, 1.54) is 12.1 Å². The van der Waals surface area contributed by atoms with Gasteiger partial charge in [-0.25, -0.2) is 4.39 Å². The Balaban J connectivity index is 1.54. The fourth-order valence-electron chi connectivity index (χ4n) is 4.79. The van der Waals surface area contributed by atoms with Crippen molar-refractivity contribution in [3.05, 3.63) is 35.6 Å².